The lowest BCUT2D eigenvalue weighted by Crippen LogP contribution is -2.27. The number of benzene rings is 1. The molecule has 0 amide bonds. The highest BCUT2D eigenvalue weighted by Gasteiger charge is 2.22. The Bertz CT molecular complexity index is 579. The Morgan fingerprint density at radius 2 is 2.16 bits per heavy atom. The first kappa shape index (κ1) is 16.2. The van der Waals surface area contributed by atoms with Crippen LogP contribution in [0.5, 0.6) is 0 Å². The monoisotopic (exact) mass is 344 g/mol. The third-order valence-electron chi connectivity index (χ3n) is 2.58. The van der Waals surface area contributed by atoms with E-state index in [9.17, 15) is 8.42 Å². The van der Waals surface area contributed by atoms with Gasteiger partial charge in [-0.25, -0.2) is 8.42 Å². The molecule has 1 rings (SSSR count). The van der Waals surface area contributed by atoms with E-state index in [-0.39, 0.29) is 11.4 Å². The lowest BCUT2D eigenvalue weighted by Gasteiger charge is -2.16. The lowest BCUT2D eigenvalue weighted by atomic mass is 10.2. The van der Waals surface area contributed by atoms with Crippen molar-refractivity contribution in [2.45, 2.75) is 18.4 Å². The first-order valence-corrected chi connectivity index (χ1v) is 8.05. The molecule has 0 aliphatic heterocycles. The standard InChI is InChI=1S/C13H17BrN2O2S/c1-4-8-16(3)19(17,18)13-7-6-11(9-12(13)14)10-15-5-2/h1,6-7,9,15H,5,8,10H2,2-3H3. The molecule has 0 saturated heterocycles. The fraction of sp³-hybridized carbons (Fsp3) is 0.385. The summed E-state index contributed by atoms with van der Waals surface area (Å²) in [5.74, 6) is 2.32. The zero-order valence-electron chi connectivity index (χ0n) is 11.0. The van der Waals surface area contributed by atoms with E-state index in [0.717, 1.165) is 16.4 Å². The number of terminal acetylenes is 1. The van der Waals surface area contributed by atoms with Gasteiger partial charge < -0.3 is 5.32 Å². The van der Waals surface area contributed by atoms with Gasteiger partial charge in [0, 0.05) is 18.1 Å². The Hall–Kier alpha value is -0.870. The van der Waals surface area contributed by atoms with Gasteiger partial charge >= 0.3 is 0 Å². The van der Waals surface area contributed by atoms with E-state index in [1.54, 1.807) is 18.2 Å². The van der Waals surface area contributed by atoms with E-state index in [4.69, 9.17) is 6.42 Å². The molecular weight excluding hydrogens is 328 g/mol. The molecule has 1 aromatic carbocycles. The third-order valence-corrected chi connectivity index (χ3v) is 5.36. The van der Waals surface area contributed by atoms with Crippen LogP contribution in [0.25, 0.3) is 0 Å². The van der Waals surface area contributed by atoms with Crippen LogP contribution >= 0.6 is 15.9 Å². The second kappa shape index (κ2) is 7.06. The molecule has 0 heterocycles. The molecule has 1 N–H and O–H groups in total. The summed E-state index contributed by atoms with van der Waals surface area (Å²) >= 11 is 3.31. The molecule has 0 atom stereocenters. The van der Waals surface area contributed by atoms with Crippen molar-refractivity contribution in [3.05, 3.63) is 28.2 Å². The second-order valence-corrected chi connectivity index (χ2v) is 6.88. The largest absolute Gasteiger partial charge is 0.313 e. The van der Waals surface area contributed by atoms with Crippen LogP contribution in [0.1, 0.15) is 12.5 Å². The summed E-state index contributed by atoms with van der Waals surface area (Å²) in [5, 5.41) is 3.19. The summed E-state index contributed by atoms with van der Waals surface area (Å²) in [5.41, 5.74) is 1.02. The Morgan fingerprint density at radius 1 is 1.47 bits per heavy atom. The quantitative estimate of drug-likeness (QED) is 0.800. The zero-order valence-corrected chi connectivity index (χ0v) is 13.4. The van der Waals surface area contributed by atoms with Crippen LogP contribution in [0, 0.1) is 12.3 Å². The van der Waals surface area contributed by atoms with Gasteiger partial charge in [0.25, 0.3) is 0 Å². The van der Waals surface area contributed by atoms with E-state index in [1.165, 1.54) is 7.05 Å². The highest BCUT2D eigenvalue weighted by atomic mass is 79.9. The van der Waals surface area contributed by atoms with Crippen LogP contribution in [-0.4, -0.2) is 32.9 Å². The molecule has 0 saturated carbocycles. The fourth-order valence-corrected chi connectivity index (χ4v) is 3.68. The summed E-state index contributed by atoms with van der Waals surface area (Å²) in [6.45, 7) is 3.63. The Labute approximate surface area is 123 Å². The average Bonchev–Trinajstić information content (AvgIpc) is 2.36. The first-order valence-electron chi connectivity index (χ1n) is 5.82. The predicted octanol–water partition coefficient (Wildman–Crippen LogP) is 1.81. The van der Waals surface area contributed by atoms with Crippen molar-refractivity contribution in [2.24, 2.45) is 0 Å². The average molecular weight is 345 g/mol. The summed E-state index contributed by atoms with van der Waals surface area (Å²) in [6.07, 6.45) is 5.15. The van der Waals surface area contributed by atoms with Gasteiger partial charge in [0.2, 0.25) is 10.0 Å². The molecule has 4 nitrogen and oxygen atoms in total. The van der Waals surface area contributed by atoms with E-state index in [1.807, 2.05) is 6.92 Å². The van der Waals surface area contributed by atoms with Crippen LogP contribution in [0.15, 0.2) is 27.6 Å². The van der Waals surface area contributed by atoms with Crippen LogP contribution in [-0.2, 0) is 16.6 Å². The molecule has 104 valence electrons. The molecule has 1 aromatic rings. The third kappa shape index (κ3) is 4.05. The van der Waals surface area contributed by atoms with Crippen LogP contribution in [0.2, 0.25) is 0 Å². The van der Waals surface area contributed by atoms with Gasteiger partial charge in [-0.3, -0.25) is 0 Å². The molecular formula is C13H17BrN2O2S. The van der Waals surface area contributed by atoms with Gasteiger partial charge in [0.05, 0.1) is 11.4 Å². The molecule has 19 heavy (non-hydrogen) atoms. The van der Waals surface area contributed by atoms with Gasteiger partial charge in [-0.2, -0.15) is 4.31 Å². The molecule has 0 unspecified atom stereocenters. The zero-order chi connectivity index (χ0) is 14.5. The Balaban J connectivity index is 3.06. The van der Waals surface area contributed by atoms with Crippen LogP contribution in [0.4, 0.5) is 0 Å². The van der Waals surface area contributed by atoms with Crippen LogP contribution < -0.4 is 5.32 Å². The normalized spacial score (nSPS) is 11.5. The van der Waals surface area contributed by atoms with E-state index >= 15 is 0 Å². The molecule has 0 aliphatic carbocycles. The van der Waals surface area contributed by atoms with Gasteiger partial charge in [0.1, 0.15) is 0 Å². The number of hydrogen-bond donors (Lipinski definition) is 1. The second-order valence-electron chi connectivity index (χ2n) is 4.01. The SMILES string of the molecule is C#CCN(C)S(=O)(=O)c1ccc(CNCC)cc1Br. The highest BCUT2D eigenvalue weighted by molar-refractivity contribution is 9.10. The molecule has 0 radical (unpaired) electrons. The van der Waals surface area contributed by atoms with E-state index in [0.29, 0.717) is 11.0 Å². The number of rotatable bonds is 6. The van der Waals surface area contributed by atoms with Crippen molar-refractivity contribution in [1.29, 1.82) is 0 Å². The lowest BCUT2D eigenvalue weighted by molar-refractivity contribution is 0.502. The summed E-state index contributed by atoms with van der Waals surface area (Å²) in [7, 11) is -2.08. The summed E-state index contributed by atoms with van der Waals surface area (Å²) < 4.78 is 26.2. The van der Waals surface area contributed by atoms with Gasteiger partial charge in [-0.05, 0) is 40.2 Å². The summed E-state index contributed by atoms with van der Waals surface area (Å²) in [4.78, 5) is 0.227. The number of nitrogens with zero attached hydrogens (tertiary/aromatic N) is 1. The molecule has 0 spiro atoms. The Morgan fingerprint density at radius 3 is 2.68 bits per heavy atom. The van der Waals surface area contributed by atoms with Crippen molar-refractivity contribution >= 4 is 26.0 Å². The highest BCUT2D eigenvalue weighted by Crippen LogP contribution is 2.25. The maximum absolute atomic E-state index is 12.3. The molecule has 0 fully saturated rings. The number of nitrogens with one attached hydrogen (secondary N) is 1. The number of halogens is 1. The molecule has 0 bridgehead atoms. The smallest absolute Gasteiger partial charge is 0.244 e. The van der Waals surface area contributed by atoms with Crippen molar-refractivity contribution in [1.82, 2.24) is 9.62 Å². The minimum atomic E-state index is -3.55. The number of sulfonamides is 1. The fourth-order valence-electron chi connectivity index (χ4n) is 1.51. The maximum atomic E-state index is 12.3. The molecule has 6 heteroatoms. The van der Waals surface area contributed by atoms with Crippen molar-refractivity contribution in [2.75, 3.05) is 20.1 Å². The molecule has 0 aromatic heterocycles. The van der Waals surface area contributed by atoms with E-state index < -0.39 is 10.0 Å². The van der Waals surface area contributed by atoms with Gasteiger partial charge in [-0.15, -0.1) is 6.42 Å². The minimum absolute atomic E-state index is 0.0495. The van der Waals surface area contributed by atoms with Crippen molar-refractivity contribution < 1.29 is 8.42 Å². The van der Waals surface area contributed by atoms with Gasteiger partial charge in [0.15, 0.2) is 0 Å². The van der Waals surface area contributed by atoms with Crippen molar-refractivity contribution in [3.8, 4) is 12.3 Å². The number of hydrogen-bond acceptors (Lipinski definition) is 3. The predicted molar refractivity (Wildman–Crippen MR) is 80.2 cm³/mol. The first-order chi connectivity index (χ1) is 8.93. The molecule has 0 aliphatic rings. The Kier molecular flexibility index (Phi) is 6.01. The minimum Gasteiger partial charge on any atom is -0.313 e. The van der Waals surface area contributed by atoms with Crippen molar-refractivity contribution in [3.63, 3.8) is 0 Å². The van der Waals surface area contributed by atoms with Crippen LogP contribution in [0.3, 0.4) is 0 Å². The summed E-state index contributed by atoms with van der Waals surface area (Å²) in [6, 6.07) is 5.20. The van der Waals surface area contributed by atoms with E-state index in [2.05, 4.69) is 27.2 Å². The van der Waals surface area contributed by atoms with Gasteiger partial charge in [-0.1, -0.05) is 18.9 Å². The topological polar surface area (TPSA) is 49.4 Å². The maximum Gasteiger partial charge on any atom is 0.244 e.